The van der Waals surface area contributed by atoms with Crippen LogP contribution < -0.4 is 15.4 Å². The Morgan fingerprint density at radius 1 is 1.30 bits per heavy atom. The number of nitrogens with zero attached hydrogens (tertiary/aromatic N) is 2. The Morgan fingerprint density at radius 3 is 2.67 bits per heavy atom. The van der Waals surface area contributed by atoms with Gasteiger partial charge >= 0.3 is 0 Å². The van der Waals surface area contributed by atoms with Crippen LogP contribution in [0.25, 0.3) is 0 Å². The number of guanidine groups is 1. The number of carbonyl (C=O) groups excluding carboxylic acids is 1. The molecule has 1 aromatic rings. The van der Waals surface area contributed by atoms with Crippen molar-refractivity contribution in [3.05, 3.63) is 42.0 Å². The zero-order chi connectivity index (χ0) is 19.4. The van der Waals surface area contributed by atoms with Crippen LogP contribution in [0.2, 0.25) is 0 Å². The van der Waals surface area contributed by atoms with Gasteiger partial charge in [0.2, 0.25) is 5.91 Å². The van der Waals surface area contributed by atoms with Gasteiger partial charge in [0.05, 0.1) is 19.7 Å². The predicted molar refractivity (Wildman–Crippen MR) is 120 cm³/mol. The lowest BCUT2D eigenvalue weighted by atomic mass is 10.1. The van der Waals surface area contributed by atoms with Crippen molar-refractivity contribution in [2.75, 3.05) is 47.5 Å². The van der Waals surface area contributed by atoms with E-state index in [0.717, 1.165) is 16.9 Å². The van der Waals surface area contributed by atoms with Crippen LogP contribution in [-0.2, 0) is 16.1 Å². The first-order chi connectivity index (χ1) is 12.5. The van der Waals surface area contributed by atoms with Crippen molar-refractivity contribution in [3.8, 4) is 5.75 Å². The summed E-state index contributed by atoms with van der Waals surface area (Å²) in [5.74, 6) is 1.30. The molecule has 0 fully saturated rings. The molecule has 0 spiro atoms. The van der Waals surface area contributed by atoms with Crippen molar-refractivity contribution in [2.24, 2.45) is 4.99 Å². The van der Waals surface area contributed by atoms with Crippen molar-refractivity contribution in [2.45, 2.75) is 13.5 Å². The molecule has 1 aromatic carbocycles. The van der Waals surface area contributed by atoms with E-state index in [1.165, 1.54) is 4.90 Å². The minimum absolute atomic E-state index is 0. The van der Waals surface area contributed by atoms with Gasteiger partial charge in [-0.3, -0.25) is 4.79 Å². The van der Waals surface area contributed by atoms with E-state index in [1.54, 1.807) is 27.3 Å². The van der Waals surface area contributed by atoms with E-state index < -0.39 is 0 Å². The van der Waals surface area contributed by atoms with Crippen LogP contribution in [0.1, 0.15) is 11.1 Å². The third-order valence-electron chi connectivity index (χ3n) is 3.49. The molecule has 7 nitrogen and oxygen atoms in total. The Kier molecular flexibility index (Phi) is 13.3. The van der Waals surface area contributed by atoms with Gasteiger partial charge in [-0.1, -0.05) is 18.2 Å². The molecule has 0 aliphatic rings. The maximum atomic E-state index is 11.8. The number of hydrogen-bond donors (Lipinski definition) is 2. The molecule has 1 amide bonds. The highest BCUT2D eigenvalue weighted by atomic mass is 127. The maximum absolute atomic E-state index is 11.8. The second-order valence-electron chi connectivity index (χ2n) is 5.93. The molecule has 0 bridgehead atoms. The number of aryl methyl sites for hydroxylation is 1. The minimum Gasteiger partial charge on any atom is -0.491 e. The lowest BCUT2D eigenvalue weighted by molar-refractivity contribution is -0.127. The number of amides is 1. The van der Waals surface area contributed by atoms with Crippen LogP contribution in [0.4, 0.5) is 0 Å². The predicted octanol–water partition coefficient (Wildman–Crippen LogP) is 1.95. The number of ether oxygens (including phenoxy) is 2. The summed E-state index contributed by atoms with van der Waals surface area (Å²) in [7, 11) is 5.07. The molecule has 2 N–H and O–H groups in total. The fourth-order valence-corrected chi connectivity index (χ4v) is 1.99. The maximum Gasteiger partial charge on any atom is 0.241 e. The number of rotatable bonds is 10. The topological polar surface area (TPSA) is 75.2 Å². The van der Waals surface area contributed by atoms with Gasteiger partial charge in [0.15, 0.2) is 5.96 Å². The van der Waals surface area contributed by atoms with Gasteiger partial charge in [0, 0.05) is 33.3 Å². The molecule has 1 rings (SSSR count). The summed E-state index contributed by atoms with van der Waals surface area (Å²) in [6.07, 6.45) is 1.73. The molecule has 152 valence electrons. The van der Waals surface area contributed by atoms with Gasteiger partial charge in [-0.15, -0.1) is 30.6 Å². The second kappa shape index (κ2) is 14.3. The quantitative estimate of drug-likeness (QED) is 0.173. The number of nitrogens with one attached hydrogen (secondary N) is 2. The molecular formula is C19H31IN4O3. The molecule has 0 aromatic heterocycles. The monoisotopic (exact) mass is 490 g/mol. The molecule has 0 saturated carbocycles. The van der Waals surface area contributed by atoms with Gasteiger partial charge in [-0.2, -0.15) is 0 Å². The van der Waals surface area contributed by atoms with E-state index in [1.807, 2.05) is 25.1 Å². The van der Waals surface area contributed by atoms with E-state index in [4.69, 9.17) is 9.47 Å². The number of hydrogen-bond acceptors (Lipinski definition) is 4. The van der Waals surface area contributed by atoms with Crippen molar-refractivity contribution in [1.82, 2.24) is 15.5 Å². The third-order valence-corrected chi connectivity index (χ3v) is 3.49. The summed E-state index contributed by atoms with van der Waals surface area (Å²) >= 11 is 0. The lowest BCUT2D eigenvalue weighted by Crippen LogP contribution is -2.43. The largest absolute Gasteiger partial charge is 0.491 e. The summed E-state index contributed by atoms with van der Waals surface area (Å²) in [6.45, 7) is 7.85. The number of benzene rings is 1. The van der Waals surface area contributed by atoms with Crippen LogP contribution in [0, 0.1) is 6.92 Å². The number of likely N-dealkylation sites (N-methyl/N-ethyl adjacent to an activating group) is 1. The first-order valence-electron chi connectivity index (χ1n) is 8.52. The minimum atomic E-state index is -0.0305. The molecule has 0 atom stereocenters. The van der Waals surface area contributed by atoms with Crippen molar-refractivity contribution in [3.63, 3.8) is 0 Å². The van der Waals surface area contributed by atoms with Crippen molar-refractivity contribution in [1.29, 1.82) is 0 Å². The second-order valence-corrected chi connectivity index (χ2v) is 5.93. The van der Waals surface area contributed by atoms with Gasteiger partial charge < -0.3 is 25.0 Å². The van der Waals surface area contributed by atoms with Crippen LogP contribution in [-0.4, -0.2) is 64.3 Å². The number of aliphatic imine (C=N–C) groups is 1. The molecule has 0 heterocycles. The molecule has 0 unspecified atom stereocenters. The van der Waals surface area contributed by atoms with Crippen LogP contribution >= 0.6 is 24.0 Å². The highest BCUT2D eigenvalue weighted by Gasteiger charge is 2.07. The van der Waals surface area contributed by atoms with Gasteiger partial charge in [-0.25, -0.2) is 4.99 Å². The summed E-state index contributed by atoms with van der Waals surface area (Å²) in [6, 6.07) is 6.01. The highest BCUT2D eigenvalue weighted by molar-refractivity contribution is 14.0. The van der Waals surface area contributed by atoms with Crippen LogP contribution in [0.3, 0.4) is 0 Å². The van der Waals surface area contributed by atoms with Gasteiger partial charge in [-0.05, 0) is 18.6 Å². The molecule has 0 aliphatic heterocycles. The zero-order valence-electron chi connectivity index (χ0n) is 16.6. The van der Waals surface area contributed by atoms with E-state index in [-0.39, 0.29) is 36.4 Å². The lowest BCUT2D eigenvalue weighted by Gasteiger charge is -2.15. The zero-order valence-corrected chi connectivity index (χ0v) is 18.9. The van der Waals surface area contributed by atoms with Crippen molar-refractivity contribution >= 4 is 35.8 Å². The van der Waals surface area contributed by atoms with Crippen molar-refractivity contribution < 1.29 is 14.3 Å². The first kappa shape index (κ1) is 25.2. The summed E-state index contributed by atoms with van der Waals surface area (Å²) in [5, 5.41) is 6.13. The van der Waals surface area contributed by atoms with E-state index in [2.05, 4.69) is 22.2 Å². The first-order valence-corrected chi connectivity index (χ1v) is 8.52. The Hall–Kier alpha value is -1.81. The summed E-state index contributed by atoms with van der Waals surface area (Å²) < 4.78 is 10.8. The smallest absolute Gasteiger partial charge is 0.241 e. The summed E-state index contributed by atoms with van der Waals surface area (Å²) in [5.41, 5.74) is 2.08. The van der Waals surface area contributed by atoms with E-state index >= 15 is 0 Å². The highest BCUT2D eigenvalue weighted by Crippen LogP contribution is 2.21. The van der Waals surface area contributed by atoms with Crippen LogP contribution in [0.5, 0.6) is 5.75 Å². The normalized spacial score (nSPS) is 10.6. The number of carbonyl (C=O) groups is 1. The Bertz CT molecular complexity index is 621. The molecular weight excluding hydrogens is 459 g/mol. The number of methoxy groups -OCH3 is 1. The van der Waals surface area contributed by atoms with E-state index in [0.29, 0.717) is 32.3 Å². The average Bonchev–Trinajstić information content (AvgIpc) is 2.62. The third kappa shape index (κ3) is 10.2. The molecule has 0 aliphatic carbocycles. The Morgan fingerprint density at radius 2 is 2.04 bits per heavy atom. The standard InChI is InChI=1S/C19H30N4O3.HI/c1-6-9-20-19(22-14-18(24)23(3)4)21-13-16-8-7-15(2)12-17(16)26-11-10-25-5;/h6-8,12H,1,9-11,13-14H2,2-5H3,(H2,20,21,22);1H. The molecule has 8 heteroatoms. The number of halogens is 1. The Labute approximate surface area is 179 Å². The average molecular weight is 490 g/mol. The fourth-order valence-electron chi connectivity index (χ4n) is 1.99. The molecule has 0 radical (unpaired) electrons. The Balaban J connectivity index is 0.00000676. The van der Waals surface area contributed by atoms with Gasteiger partial charge in [0.1, 0.15) is 12.4 Å². The molecule has 27 heavy (non-hydrogen) atoms. The SMILES string of the molecule is C=CCNC(=NCc1ccc(C)cc1OCCOC)NCC(=O)N(C)C.I. The fraction of sp³-hybridized carbons (Fsp3) is 0.474. The van der Waals surface area contributed by atoms with Gasteiger partial charge in [0.25, 0.3) is 0 Å². The molecule has 0 saturated heterocycles. The summed E-state index contributed by atoms with van der Waals surface area (Å²) in [4.78, 5) is 17.8. The van der Waals surface area contributed by atoms with E-state index in [9.17, 15) is 4.79 Å². The van der Waals surface area contributed by atoms with Crippen LogP contribution in [0.15, 0.2) is 35.8 Å².